The number of hydrogen-bond acceptors (Lipinski definition) is 2. The molecule has 0 aliphatic rings. The minimum Gasteiger partial charge on any atom is -0.297 e. The molecule has 0 N–H and O–H groups in total. The van der Waals surface area contributed by atoms with Gasteiger partial charge in [-0.15, -0.1) is 11.3 Å². The van der Waals surface area contributed by atoms with Crippen LogP contribution in [0.1, 0.15) is 25.7 Å². The van der Waals surface area contributed by atoms with E-state index < -0.39 is 11.7 Å². The average Bonchev–Trinajstić information content (AvgIpc) is 2.84. The Morgan fingerprint density at radius 2 is 1.74 bits per heavy atom. The molecule has 0 unspecified atom stereocenters. The lowest BCUT2D eigenvalue weighted by atomic mass is 10.1. The van der Waals surface area contributed by atoms with E-state index in [2.05, 4.69) is 0 Å². The Morgan fingerprint density at radius 1 is 1.00 bits per heavy atom. The number of alkyl halides is 3. The van der Waals surface area contributed by atoms with E-state index in [4.69, 9.17) is 0 Å². The summed E-state index contributed by atoms with van der Waals surface area (Å²) < 4.78 is 37.6. The molecule has 19 heavy (non-hydrogen) atoms. The van der Waals surface area contributed by atoms with Crippen LogP contribution in [-0.4, -0.2) is 6.29 Å². The molecule has 1 nitrogen and oxygen atoms in total. The summed E-state index contributed by atoms with van der Waals surface area (Å²) in [5.41, 5.74) is -0.203. The highest BCUT2D eigenvalue weighted by atomic mass is 32.1. The van der Waals surface area contributed by atoms with Crippen molar-refractivity contribution in [1.82, 2.24) is 0 Å². The highest BCUT2D eigenvalue weighted by molar-refractivity contribution is 7.14. The fraction of sp³-hybridized carbons (Fsp3) is 0.0714. The largest absolute Gasteiger partial charge is 0.416 e. The van der Waals surface area contributed by atoms with Gasteiger partial charge in [-0.05, 0) is 35.9 Å². The van der Waals surface area contributed by atoms with Gasteiger partial charge in [0.05, 0.1) is 10.4 Å². The third kappa shape index (κ3) is 3.54. The second-order valence-corrected chi connectivity index (χ2v) is 4.96. The number of rotatable bonds is 3. The van der Waals surface area contributed by atoms with Gasteiger partial charge in [-0.2, -0.15) is 13.2 Å². The Hall–Kier alpha value is -1.88. The zero-order chi connectivity index (χ0) is 13.9. The highest BCUT2D eigenvalue weighted by Crippen LogP contribution is 2.30. The molecule has 2 aromatic rings. The van der Waals surface area contributed by atoms with E-state index in [9.17, 15) is 18.0 Å². The zero-order valence-corrected chi connectivity index (χ0v) is 10.5. The second kappa shape index (κ2) is 5.40. The van der Waals surface area contributed by atoms with Gasteiger partial charge < -0.3 is 0 Å². The fourth-order valence-electron chi connectivity index (χ4n) is 1.52. The van der Waals surface area contributed by atoms with E-state index in [0.717, 1.165) is 23.3 Å². The van der Waals surface area contributed by atoms with Crippen molar-refractivity contribution in [3.63, 3.8) is 0 Å². The van der Waals surface area contributed by atoms with Gasteiger partial charge in [-0.1, -0.05) is 18.2 Å². The van der Waals surface area contributed by atoms with Crippen molar-refractivity contribution in [2.75, 3.05) is 0 Å². The first-order chi connectivity index (χ1) is 8.99. The number of aldehydes is 1. The van der Waals surface area contributed by atoms with Crippen molar-refractivity contribution in [3.05, 3.63) is 57.3 Å². The van der Waals surface area contributed by atoms with Gasteiger partial charge in [0.1, 0.15) is 0 Å². The molecule has 1 aromatic heterocycles. The van der Waals surface area contributed by atoms with Crippen molar-refractivity contribution in [2.24, 2.45) is 0 Å². The minimum atomic E-state index is -4.34. The molecule has 2 rings (SSSR count). The summed E-state index contributed by atoms with van der Waals surface area (Å²) in [5.74, 6) is 0. The Balaban J connectivity index is 2.21. The first-order valence-electron chi connectivity index (χ1n) is 5.39. The summed E-state index contributed by atoms with van der Waals surface area (Å²) in [7, 11) is 0. The summed E-state index contributed by atoms with van der Waals surface area (Å²) in [6, 6.07) is 8.51. The first kappa shape index (κ1) is 13.5. The maximum absolute atomic E-state index is 12.5. The first-order valence-corrected chi connectivity index (χ1v) is 6.21. The molecular weight excluding hydrogens is 273 g/mol. The van der Waals surface area contributed by atoms with Gasteiger partial charge in [-0.3, -0.25) is 4.79 Å². The third-order valence-electron chi connectivity index (χ3n) is 2.42. The minimum absolute atomic E-state index is 0.468. The van der Waals surface area contributed by atoms with E-state index in [1.165, 1.54) is 17.4 Å². The molecule has 0 aliphatic heterocycles. The van der Waals surface area contributed by atoms with Gasteiger partial charge in [0.15, 0.2) is 6.29 Å². The molecular formula is C14H9F3OS. The van der Waals surface area contributed by atoms with Crippen LogP contribution in [-0.2, 0) is 6.18 Å². The van der Waals surface area contributed by atoms with Crippen molar-refractivity contribution >= 4 is 29.8 Å². The van der Waals surface area contributed by atoms with Gasteiger partial charge in [0.25, 0.3) is 0 Å². The van der Waals surface area contributed by atoms with Crippen LogP contribution in [0.2, 0.25) is 0 Å². The molecule has 1 heterocycles. The predicted octanol–water partition coefficient (Wildman–Crippen LogP) is 4.75. The van der Waals surface area contributed by atoms with E-state index in [-0.39, 0.29) is 0 Å². The Labute approximate surface area is 112 Å². The van der Waals surface area contributed by atoms with Gasteiger partial charge in [0.2, 0.25) is 0 Å². The molecule has 1 aromatic carbocycles. The monoisotopic (exact) mass is 282 g/mol. The molecule has 5 heteroatoms. The van der Waals surface area contributed by atoms with Crippen LogP contribution in [0.25, 0.3) is 12.2 Å². The van der Waals surface area contributed by atoms with Crippen LogP contribution in [0.4, 0.5) is 13.2 Å². The number of thiophene rings is 1. The SMILES string of the molecule is O=Cc1ccc(C=Cc2cccc(C(F)(F)F)c2)s1. The summed E-state index contributed by atoms with van der Waals surface area (Å²) in [4.78, 5) is 11.9. The number of carbonyl (C=O) groups is 1. The Kier molecular flexibility index (Phi) is 3.85. The second-order valence-electron chi connectivity index (χ2n) is 3.81. The molecule has 0 spiro atoms. The topological polar surface area (TPSA) is 17.1 Å². The van der Waals surface area contributed by atoms with Crippen molar-refractivity contribution in [1.29, 1.82) is 0 Å². The van der Waals surface area contributed by atoms with E-state index in [1.54, 1.807) is 30.4 Å². The van der Waals surface area contributed by atoms with Crippen molar-refractivity contribution < 1.29 is 18.0 Å². The summed E-state index contributed by atoms with van der Waals surface area (Å²) in [6.45, 7) is 0. The van der Waals surface area contributed by atoms with Crippen LogP contribution < -0.4 is 0 Å². The zero-order valence-electron chi connectivity index (χ0n) is 9.65. The fourth-order valence-corrected chi connectivity index (χ4v) is 2.25. The highest BCUT2D eigenvalue weighted by Gasteiger charge is 2.30. The summed E-state index contributed by atoms with van der Waals surface area (Å²) in [6.07, 6.45) is -0.313. The maximum Gasteiger partial charge on any atom is 0.416 e. The van der Waals surface area contributed by atoms with Crippen molar-refractivity contribution in [3.8, 4) is 0 Å². The summed E-state index contributed by atoms with van der Waals surface area (Å²) in [5, 5.41) is 0. The molecule has 0 saturated carbocycles. The van der Waals surface area contributed by atoms with E-state index >= 15 is 0 Å². The van der Waals surface area contributed by atoms with E-state index in [1.807, 2.05) is 0 Å². The lowest BCUT2D eigenvalue weighted by Crippen LogP contribution is -2.04. The van der Waals surface area contributed by atoms with Crippen LogP contribution in [0, 0.1) is 0 Å². The van der Waals surface area contributed by atoms with Crippen LogP contribution in [0.5, 0.6) is 0 Å². The lowest BCUT2D eigenvalue weighted by molar-refractivity contribution is -0.137. The third-order valence-corrected chi connectivity index (χ3v) is 3.39. The van der Waals surface area contributed by atoms with Crippen LogP contribution >= 0.6 is 11.3 Å². The molecule has 0 aliphatic carbocycles. The standard InChI is InChI=1S/C14H9F3OS/c15-14(16,17)11-3-1-2-10(8-11)4-5-12-6-7-13(9-18)19-12/h1-9H. The van der Waals surface area contributed by atoms with Crippen LogP contribution in [0.3, 0.4) is 0 Å². The van der Waals surface area contributed by atoms with Crippen molar-refractivity contribution in [2.45, 2.75) is 6.18 Å². The quantitative estimate of drug-likeness (QED) is 0.742. The molecule has 0 saturated heterocycles. The lowest BCUT2D eigenvalue weighted by Gasteiger charge is -2.06. The Morgan fingerprint density at radius 3 is 2.37 bits per heavy atom. The maximum atomic E-state index is 12.5. The molecule has 0 fully saturated rings. The number of benzene rings is 1. The molecule has 0 bridgehead atoms. The number of hydrogen-bond donors (Lipinski definition) is 0. The van der Waals surface area contributed by atoms with Gasteiger partial charge >= 0.3 is 6.18 Å². The molecule has 0 amide bonds. The molecule has 0 radical (unpaired) electrons. The number of carbonyl (C=O) groups excluding carboxylic acids is 1. The predicted molar refractivity (Wildman–Crippen MR) is 70.1 cm³/mol. The smallest absolute Gasteiger partial charge is 0.297 e. The molecule has 0 atom stereocenters. The van der Waals surface area contributed by atoms with Crippen LogP contribution in [0.15, 0.2) is 36.4 Å². The normalized spacial score (nSPS) is 11.9. The summed E-state index contributed by atoms with van der Waals surface area (Å²) >= 11 is 1.28. The van der Waals surface area contributed by atoms with Gasteiger partial charge in [0, 0.05) is 4.88 Å². The Bertz CT molecular complexity index is 611. The van der Waals surface area contributed by atoms with Gasteiger partial charge in [-0.25, -0.2) is 0 Å². The number of halogens is 3. The molecule has 98 valence electrons. The van der Waals surface area contributed by atoms with E-state index in [0.29, 0.717) is 10.4 Å². The average molecular weight is 282 g/mol.